The van der Waals surface area contributed by atoms with Gasteiger partial charge in [0.2, 0.25) is 0 Å². The quantitative estimate of drug-likeness (QED) is 0.838. The van der Waals surface area contributed by atoms with Crippen LogP contribution >= 0.6 is 0 Å². The van der Waals surface area contributed by atoms with E-state index in [1.54, 1.807) is 13.2 Å². The summed E-state index contributed by atoms with van der Waals surface area (Å²) in [7, 11) is 3.59. The molecule has 4 nitrogen and oxygen atoms in total. The molecule has 0 spiro atoms. The van der Waals surface area contributed by atoms with Crippen molar-refractivity contribution in [3.63, 3.8) is 0 Å². The fourth-order valence-corrected chi connectivity index (χ4v) is 2.98. The molecule has 0 saturated carbocycles. The number of aromatic hydroxyl groups is 1. The number of hydrogen-bond donors (Lipinski definition) is 2. The van der Waals surface area contributed by atoms with Crippen molar-refractivity contribution in [3.05, 3.63) is 23.8 Å². The van der Waals surface area contributed by atoms with Crippen LogP contribution in [0.4, 0.5) is 0 Å². The Kier molecular flexibility index (Phi) is 5.68. The molecule has 1 fully saturated rings. The van der Waals surface area contributed by atoms with Gasteiger partial charge in [-0.3, -0.25) is 4.90 Å². The Balaban J connectivity index is 2.06. The predicted molar refractivity (Wildman–Crippen MR) is 81.3 cm³/mol. The highest BCUT2D eigenvalue weighted by Crippen LogP contribution is 2.32. The number of phenols is 1. The molecule has 1 heterocycles. The Morgan fingerprint density at radius 2 is 2.25 bits per heavy atom. The summed E-state index contributed by atoms with van der Waals surface area (Å²) in [5, 5.41) is 13.5. The second-order valence-electron chi connectivity index (χ2n) is 5.48. The molecule has 0 aromatic heterocycles. The largest absolute Gasteiger partial charge is 0.504 e. The fourth-order valence-electron chi connectivity index (χ4n) is 2.98. The molecule has 4 heteroatoms. The zero-order valence-electron chi connectivity index (χ0n) is 12.6. The summed E-state index contributed by atoms with van der Waals surface area (Å²) in [6.45, 7) is 2.97. The van der Waals surface area contributed by atoms with Gasteiger partial charge in [-0.1, -0.05) is 18.6 Å². The van der Waals surface area contributed by atoms with Crippen molar-refractivity contribution in [1.82, 2.24) is 10.2 Å². The van der Waals surface area contributed by atoms with E-state index in [2.05, 4.69) is 10.2 Å². The number of hydrogen-bond acceptors (Lipinski definition) is 4. The van der Waals surface area contributed by atoms with Crippen molar-refractivity contribution in [2.75, 3.05) is 27.2 Å². The lowest BCUT2D eigenvalue weighted by Gasteiger charge is -2.36. The highest BCUT2D eigenvalue weighted by Gasteiger charge is 2.23. The Hall–Kier alpha value is -1.26. The third-order valence-electron chi connectivity index (χ3n) is 4.15. The topological polar surface area (TPSA) is 44.7 Å². The number of likely N-dealkylation sites (tertiary alicyclic amines) is 1. The number of nitrogens with one attached hydrogen (secondary N) is 1. The van der Waals surface area contributed by atoms with Gasteiger partial charge in [0.1, 0.15) is 0 Å². The van der Waals surface area contributed by atoms with E-state index in [1.165, 1.54) is 25.7 Å². The summed E-state index contributed by atoms with van der Waals surface area (Å²) >= 11 is 0. The first-order chi connectivity index (χ1) is 9.76. The molecule has 0 radical (unpaired) electrons. The van der Waals surface area contributed by atoms with Gasteiger partial charge in [-0.05, 0) is 45.5 Å². The van der Waals surface area contributed by atoms with Gasteiger partial charge in [-0.15, -0.1) is 0 Å². The minimum absolute atomic E-state index is 0.285. The first kappa shape index (κ1) is 15.1. The SMILES string of the molecule is CNCCC1CCCCN1Cc1cccc(OC)c1O. The van der Waals surface area contributed by atoms with Gasteiger partial charge in [0, 0.05) is 18.2 Å². The number of piperidine rings is 1. The number of nitrogens with zero attached hydrogens (tertiary/aromatic N) is 1. The Morgan fingerprint density at radius 3 is 3.00 bits per heavy atom. The van der Waals surface area contributed by atoms with E-state index in [1.807, 2.05) is 19.2 Å². The van der Waals surface area contributed by atoms with Crippen LogP contribution in [-0.4, -0.2) is 43.3 Å². The second kappa shape index (κ2) is 7.50. The molecule has 1 aliphatic rings. The third-order valence-corrected chi connectivity index (χ3v) is 4.15. The van der Waals surface area contributed by atoms with Crippen molar-refractivity contribution in [1.29, 1.82) is 0 Å². The number of benzene rings is 1. The van der Waals surface area contributed by atoms with E-state index in [0.717, 1.165) is 25.2 Å². The Morgan fingerprint density at radius 1 is 1.40 bits per heavy atom. The van der Waals surface area contributed by atoms with Crippen molar-refractivity contribution in [2.24, 2.45) is 0 Å². The molecule has 1 aromatic rings. The molecular formula is C16H26N2O2. The lowest BCUT2D eigenvalue weighted by atomic mass is 9.98. The van der Waals surface area contributed by atoms with Crippen LogP contribution in [0.15, 0.2) is 18.2 Å². The van der Waals surface area contributed by atoms with Gasteiger partial charge >= 0.3 is 0 Å². The molecule has 112 valence electrons. The molecule has 0 amide bonds. The minimum atomic E-state index is 0.285. The van der Waals surface area contributed by atoms with Crippen molar-refractivity contribution >= 4 is 0 Å². The number of phenolic OH excluding ortho intramolecular Hbond substituents is 1. The molecule has 1 saturated heterocycles. The van der Waals surface area contributed by atoms with E-state index in [0.29, 0.717) is 11.8 Å². The minimum Gasteiger partial charge on any atom is -0.504 e. The number of ether oxygens (including phenoxy) is 1. The van der Waals surface area contributed by atoms with Crippen LogP contribution in [0.2, 0.25) is 0 Å². The average Bonchev–Trinajstić information content (AvgIpc) is 2.48. The molecule has 20 heavy (non-hydrogen) atoms. The van der Waals surface area contributed by atoms with Gasteiger partial charge in [-0.2, -0.15) is 0 Å². The van der Waals surface area contributed by atoms with Crippen LogP contribution in [0.5, 0.6) is 11.5 Å². The highest BCUT2D eigenvalue weighted by atomic mass is 16.5. The summed E-state index contributed by atoms with van der Waals surface area (Å²) in [6, 6.07) is 6.34. The molecule has 2 rings (SSSR count). The van der Waals surface area contributed by atoms with Crippen LogP contribution in [0, 0.1) is 0 Å². The van der Waals surface area contributed by atoms with E-state index < -0.39 is 0 Å². The molecule has 2 N–H and O–H groups in total. The maximum Gasteiger partial charge on any atom is 0.162 e. The monoisotopic (exact) mass is 278 g/mol. The van der Waals surface area contributed by atoms with Crippen molar-refractivity contribution < 1.29 is 9.84 Å². The maximum atomic E-state index is 10.2. The number of para-hydroxylation sites is 1. The van der Waals surface area contributed by atoms with Crippen molar-refractivity contribution in [3.8, 4) is 11.5 Å². The predicted octanol–water partition coefficient (Wildman–Crippen LogP) is 2.36. The Bertz CT molecular complexity index is 423. The zero-order chi connectivity index (χ0) is 14.4. The van der Waals surface area contributed by atoms with Gasteiger partial charge < -0.3 is 15.2 Å². The maximum absolute atomic E-state index is 10.2. The standard InChI is InChI=1S/C16H26N2O2/c1-17-10-9-14-7-3-4-11-18(14)12-13-6-5-8-15(20-2)16(13)19/h5-6,8,14,17,19H,3-4,7,9-12H2,1-2H3. The molecule has 1 unspecified atom stereocenters. The third kappa shape index (κ3) is 3.64. The fraction of sp³-hybridized carbons (Fsp3) is 0.625. The van der Waals surface area contributed by atoms with Gasteiger partial charge in [0.05, 0.1) is 7.11 Å². The molecule has 0 bridgehead atoms. The summed E-state index contributed by atoms with van der Waals surface area (Å²) in [5.74, 6) is 0.847. The Labute approximate surface area is 121 Å². The zero-order valence-corrected chi connectivity index (χ0v) is 12.6. The normalized spacial score (nSPS) is 20.0. The lowest BCUT2D eigenvalue weighted by molar-refractivity contribution is 0.131. The first-order valence-corrected chi connectivity index (χ1v) is 7.49. The molecule has 1 aliphatic heterocycles. The number of rotatable bonds is 6. The van der Waals surface area contributed by atoms with E-state index >= 15 is 0 Å². The highest BCUT2D eigenvalue weighted by molar-refractivity contribution is 5.45. The molecule has 1 aromatic carbocycles. The van der Waals surface area contributed by atoms with Gasteiger partial charge in [-0.25, -0.2) is 0 Å². The molecule has 0 aliphatic carbocycles. The van der Waals surface area contributed by atoms with Crippen LogP contribution in [0.1, 0.15) is 31.2 Å². The van der Waals surface area contributed by atoms with Crippen LogP contribution in [0.25, 0.3) is 0 Å². The summed E-state index contributed by atoms with van der Waals surface area (Å²) in [4.78, 5) is 2.50. The first-order valence-electron chi connectivity index (χ1n) is 7.49. The van der Waals surface area contributed by atoms with Gasteiger partial charge in [0.25, 0.3) is 0 Å². The summed E-state index contributed by atoms with van der Waals surface area (Å²) in [6.07, 6.45) is 4.99. The van der Waals surface area contributed by atoms with Crippen LogP contribution in [-0.2, 0) is 6.54 Å². The molecular weight excluding hydrogens is 252 g/mol. The summed E-state index contributed by atoms with van der Waals surface area (Å²) in [5.41, 5.74) is 0.959. The van der Waals surface area contributed by atoms with Crippen LogP contribution < -0.4 is 10.1 Å². The van der Waals surface area contributed by atoms with E-state index in [-0.39, 0.29) is 5.75 Å². The van der Waals surface area contributed by atoms with Crippen molar-refractivity contribution in [2.45, 2.75) is 38.3 Å². The average molecular weight is 278 g/mol. The van der Waals surface area contributed by atoms with Crippen LogP contribution in [0.3, 0.4) is 0 Å². The smallest absolute Gasteiger partial charge is 0.162 e. The van der Waals surface area contributed by atoms with E-state index in [4.69, 9.17) is 4.74 Å². The van der Waals surface area contributed by atoms with E-state index in [9.17, 15) is 5.11 Å². The molecule has 1 atom stereocenters. The second-order valence-corrected chi connectivity index (χ2v) is 5.48. The lowest BCUT2D eigenvalue weighted by Crippen LogP contribution is -2.40. The van der Waals surface area contributed by atoms with Gasteiger partial charge in [0.15, 0.2) is 11.5 Å². The number of methoxy groups -OCH3 is 1. The summed E-state index contributed by atoms with van der Waals surface area (Å²) < 4.78 is 5.19.